The lowest BCUT2D eigenvalue weighted by Crippen LogP contribution is -2.38. The second kappa shape index (κ2) is 3.92. The number of hydrogen-bond donors (Lipinski definition) is 2. The Hall–Kier alpha value is -1.54. The van der Waals surface area contributed by atoms with Crippen molar-refractivity contribution < 1.29 is 13.6 Å². The van der Waals surface area contributed by atoms with Crippen molar-refractivity contribution in [2.24, 2.45) is 5.73 Å². The second-order valence-corrected chi connectivity index (χ2v) is 2.74. The van der Waals surface area contributed by atoms with E-state index in [0.717, 1.165) is 0 Å². The monoisotopic (exact) mass is 202 g/mol. The van der Waals surface area contributed by atoms with E-state index in [1.807, 2.05) is 0 Å². The first-order chi connectivity index (χ1) is 6.13. The number of aromatic nitrogens is 2. The molecule has 7 nitrogen and oxygen atoms in total. The summed E-state index contributed by atoms with van der Waals surface area (Å²) in [6, 6.07) is 0.412. The molecule has 70 valence electrons. The lowest BCUT2D eigenvalue weighted by Gasteiger charge is -2.11. The Balaban J connectivity index is 3.03. The fraction of sp³-hybridized carbons (Fsp3) is 0. The van der Waals surface area contributed by atoms with Crippen LogP contribution in [-0.4, -0.2) is 24.8 Å². The highest BCUT2D eigenvalue weighted by Crippen LogP contribution is 2.05. The van der Waals surface area contributed by atoms with Crippen molar-refractivity contribution in [3.05, 3.63) is 18.5 Å². The molecule has 0 saturated carbocycles. The Kier molecular flexibility index (Phi) is 2.88. The van der Waals surface area contributed by atoms with E-state index in [0.29, 0.717) is 4.31 Å². The van der Waals surface area contributed by atoms with Crippen LogP contribution in [0.5, 0.6) is 0 Å². The molecular formula is C5H6N4O3S. The lowest BCUT2D eigenvalue weighted by molar-refractivity contribution is 0.256. The first-order valence-electron chi connectivity index (χ1n) is 3.10. The van der Waals surface area contributed by atoms with Crippen LogP contribution in [0, 0.1) is 0 Å². The number of nitrogens with zero attached hydrogens (tertiary/aromatic N) is 3. The highest BCUT2D eigenvalue weighted by molar-refractivity contribution is 7.81. The Morgan fingerprint density at radius 2 is 2.08 bits per heavy atom. The van der Waals surface area contributed by atoms with E-state index >= 15 is 0 Å². The fourth-order valence-corrected chi connectivity index (χ4v) is 1.03. The molecule has 0 bridgehead atoms. The minimum Gasteiger partial charge on any atom is -0.350 e. The number of hydrogen-bond acceptors (Lipinski definition) is 4. The third kappa shape index (κ3) is 2.20. The predicted molar refractivity (Wildman–Crippen MR) is 44.9 cm³/mol. The molecule has 1 unspecified atom stereocenters. The first kappa shape index (κ1) is 9.55. The number of primary amides is 1. The van der Waals surface area contributed by atoms with Crippen LogP contribution in [0.4, 0.5) is 10.7 Å². The van der Waals surface area contributed by atoms with Gasteiger partial charge < -0.3 is 5.73 Å². The summed E-state index contributed by atoms with van der Waals surface area (Å²) in [5, 5.41) is 0. The van der Waals surface area contributed by atoms with Crippen molar-refractivity contribution in [3.63, 3.8) is 0 Å². The van der Waals surface area contributed by atoms with Gasteiger partial charge in [-0.15, -0.1) is 0 Å². The molecule has 0 aliphatic carbocycles. The summed E-state index contributed by atoms with van der Waals surface area (Å²) in [6.45, 7) is 0. The van der Waals surface area contributed by atoms with E-state index in [2.05, 4.69) is 9.97 Å². The zero-order chi connectivity index (χ0) is 9.84. The molecule has 0 aliphatic rings. The van der Waals surface area contributed by atoms with Gasteiger partial charge in [-0.3, -0.25) is 4.55 Å². The molecule has 1 aromatic rings. The van der Waals surface area contributed by atoms with Crippen molar-refractivity contribution in [2.45, 2.75) is 0 Å². The molecule has 0 spiro atoms. The summed E-state index contributed by atoms with van der Waals surface area (Å²) in [7, 11) is 0. The smallest absolute Gasteiger partial charge is 0.335 e. The average Bonchev–Trinajstić information content (AvgIpc) is 2.04. The van der Waals surface area contributed by atoms with Gasteiger partial charge in [-0.05, 0) is 6.07 Å². The summed E-state index contributed by atoms with van der Waals surface area (Å²) >= 11 is -2.55. The van der Waals surface area contributed by atoms with E-state index in [4.69, 9.17) is 10.3 Å². The molecule has 0 saturated heterocycles. The van der Waals surface area contributed by atoms with Gasteiger partial charge >= 0.3 is 6.03 Å². The molecule has 0 aromatic carbocycles. The molecule has 1 atom stereocenters. The quantitative estimate of drug-likeness (QED) is 0.628. The van der Waals surface area contributed by atoms with E-state index in [9.17, 15) is 9.00 Å². The molecule has 3 N–H and O–H groups in total. The SMILES string of the molecule is NC(=O)N(c1ncccn1)S(=O)O. The van der Waals surface area contributed by atoms with Crippen LogP contribution >= 0.6 is 0 Å². The van der Waals surface area contributed by atoms with Gasteiger partial charge in [0.25, 0.3) is 11.3 Å². The van der Waals surface area contributed by atoms with Crippen LogP contribution in [0.3, 0.4) is 0 Å². The Morgan fingerprint density at radius 3 is 2.46 bits per heavy atom. The van der Waals surface area contributed by atoms with Crippen molar-refractivity contribution in [2.75, 3.05) is 4.31 Å². The maximum Gasteiger partial charge on any atom is 0.335 e. The summed E-state index contributed by atoms with van der Waals surface area (Å²) in [4.78, 5) is 17.8. The normalized spacial score (nSPS) is 12.1. The van der Waals surface area contributed by atoms with Gasteiger partial charge in [0.2, 0.25) is 5.95 Å². The summed E-state index contributed by atoms with van der Waals surface area (Å²) in [5.41, 5.74) is 4.82. The maximum absolute atomic E-state index is 10.7. The fourth-order valence-electron chi connectivity index (χ4n) is 0.641. The van der Waals surface area contributed by atoms with Crippen LogP contribution in [0.15, 0.2) is 18.5 Å². The van der Waals surface area contributed by atoms with Gasteiger partial charge in [0.1, 0.15) is 0 Å². The molecule has 1 aromatic heterocycles. The topological polar surface area (TPSA) is 109 Å². The number of nitrogens with two attached hydrogens (primary N) is 1. The van der Waals surface area contributed by atoms with Gasteiger partial charge in [0.05, 0.1) is 0 Å². The highest BCUT2D eigenvalue weighted by atomic mass is 32.2. The van der Waals surface area contributed by atoms with Crippen molar-refractivity contribution in [1.29, 1.82) is 0 Å². The first-order valence-corrected chi connectivity index (χ1v) is 4.17. The highest BCUT2D eigenvalue weighted by Gasteiger charge is 2.20. The standard InChI is InChI=1S/C5H6N4O3S/c6-4(10)9(13(11)12)5-7-2-1-3-8-5/h1-3H,(H2,6,10)(H,11,12). The third-order valence-corrected chi connectivity index (χ3v) is 1.75. The molecule has 13 heavy (non-hydrogen) atoms. The van der Waals surface area contributed by atoms with E-state index < -0.39 is 17.3 Å². The van der Waals surface area contributed by atoms with E-state index in [1.54, 1.807) is 0 Å². The number of carbonyl (C=O) groups is 1. The summed E-state index contributed by atoms with van der Waals surface area (Å²) in [5.74, 6) is -0.212. The van der Waals surface area contributed by atoms with Crippen LogP contribution in [0.2, 0.25) is 0 Å². The molecule has 8 heteroatoms. The minimum absolute atomic E-state index is 0.212. The third-order valence-electron chi connectivity index (χ3n) is 1.09. The van der Waals surface area contributed by atoms with Crippen LogP contribution in [-0.2, 0) is 11.3 Å². The minimum atomic E-state index is -2.55. The number of amides is 2. The van der Waals surface area contributed by atoms with Crippen LogP contribution < -0.4 is 10.0 Å². The number of urea groups is 1. The van der Waals surface area contributed by atoms with Crippen LogP contribution in [0.25, 0.3) is 0 Å². The molecule has 2 amide bonds. The molecule has 0 radical (unpaired) electrons. The van der Waals surface area contributed by atoms with Crippen molar-refractivity contribution in [1.82, 2.24) is 9.97 Å². The van der Waals surface area contributed by atoms with Crippen LogP contribution in [0.1, 0.15) is 0 Å². The second-order valence-electron chi connectivity index (χ2n) is 1.91. The Morgan fingerprint density at radius 1 is 1.54 bits per heavy atom. The van der Waals surface area contributed by atoms with Gasteiger partial charge in [-0.25, -0.2) is 19.0 Å². The zero-order valence-electron chi connectivity index (χ0n) is 6.32. The van der Waals surface area contributed by atoms with Gasteiger partial charge in [0.15, 0.2) is 0 Å². The zero-order valence-corrected chi connectivity index (χ0v) is 7.14. The van der Waals surface area contributed by atoms with Crippen molar-refractivity contribution in [3.8, 4) is 0 Å². The lowest BCUT2D eigenvalue weighted by atomic mass is 10.7. The largest absolute Gasteiger partial charge is 0.350 e. The molecule has 0 fully saturated rings. The molecule has 0 aliphatic heterocycles. The van der Waals surface area contributed by atoms with Gasteiger partial charge in [-0.2, -0.15) is 4.31 Å². The maximum atomic E-state index is 10.7. The molecular weight excluding hydrogens is 196 g/mol. The molecule has 1 heterocycles. The Labute approximate surface area is 76.0 Å². The van der Waals surface area contributed by atoms with Gasteiger partial charge in [-0.1, -0.05) is 0 Å². The number of rotatable bonds is 2. The average molecular weight is 202 g/mol. The van der Waals surface area contributed by atoms with Gasteiger partial charge in [0, 0.05) is 12.4 Å². The number of anilines is 1. The van der Waals surface area contributed by atoms with E-state index in [1.165, 1.54) is 18.5 Å². The summed E-state index contributed by atoms with van der Waals surface area (Å²) in [6.07, 6.45) is 2.65. The van der Waals surface area contributed by atoms with Crippen molar-refractivity contribution >= 4 is 23.2 Å². The molecule has 1 rings (SSSR count). The Bertz CT molecular complexity index is 316. The summed E-state index contributed by atoms with van der Waals surface area (Å²) < 4.78 is 19.6. The predicted octanol–water partition coefficient (Wildman–Crippen LogP) is -0.502. The van der Waals surface area contributed by atoms with E-state index in [-0.39, 0.29) is 5.95 Å². The number of carbonyl (C=O) groups excluding carboxylic acids is 1.